The van der Waals surface area contributed by atoms with Gasteiger partial charge >= 0.3 is 0 Å². The minimum atomic E-state index is 0.729. The van der Waals surface area contributed by atoms with Crippen LogP contribution in [0.1, 0.15) is 51.4 Å². The molecule has 1 aromatic rings. The maximum absolute atomic E-state index is 4.27. The summed E-state index contributed by atoms with van der Waals surface area (Å²) in [6.45, 7) is 3.37. The van der Waals surface area contributed by atoms with Crippen molar-refractivity contribution in [2.24, 2.45) is 5.92 Å². The van der Waals surface area contributed by atoms with Crippen molar-refractivity contribution in [3.05, 3.63) is 18.5 Å². The molecule has 0 radical (unpaired) electrons. The molecule has 21 heavy (non-hydrogen) atoms. The molecule has 3 unspecified atom stereocenters. The Hall–Kier alpha value is -0.870. The maximum Gasteiger partial charge on any atom is 0.0489 e. The molecule has 2 aliphatic rings. The van der Waals surface area contributed by atoms with Crippen molar-refractivity contribution in [1.82, 2.24) is 20.4 Å². The summed E-state index contributed by atoms with van der Waals surface area (Å²) in [6.07, 6.45) is 14.9. The highest BCUT2D eigenvalue weighted by Crippen LogP contribution is 2.30. The molecule has 118 valence electrons. The highest BCUT2D eigenvalue weighted by atomic mass is 15.3. The first-order valence-electron chi connectivity index (χ1n) is 8.88. The molecule has 1 saturated heterocycles. The molecular weight excluding hydrogens is 260 g/mol. The van der Waals surface area contributed by atoms with Crippen molar-refractivity contribution in [2.75, 3.05) is 13.1 Å². The van der Waals surface area contributed by atoms with Crippen LogP contribution in [0.3, 0.4) is 0 Å². The topological polar surface area (TPSA) is 41.9 Å². The van der Waals surface area contributed by atoms with E-state index in [4.69, 9.17) is 0 Å². The lowest BCUT2D eigenvalue weighted by Crippen LogP contribution is -2.50. The van der Waals surface area contributed by atoms with E-state index in [-0.39, 0.29) is 0 Å². The molecule has 3 rings (SSSR count). The molecular formula is C17H30N4. The number of rotatable bonds is 6. The first-order valence-corrected chi connectivity index (χ1v) is 8.88. The quantitative estimate of drug-likeness (QED) is 0.791. The molecule has 1 aromatic heterocycles. The summed E-state index contributed by atoms with van der Waals surface area (Å²) in [5.74, 6) is 0.851. The van der Waals surface area contributed by atoms with Crippen LogP contribution in [-0.2, 0) is 6.54 Å². The molecule has 2 fully saturated rings. The summed E-state index contributed by atoms with van der Waals surface area (Å²) in [7, 11) is 0. The Bertz CT molecular complexity index is 384. The SMILES string of the molecule is c1cnn(CCCNC2CCCCC2C2CCCCN2)c1. The average Bonchev–Trinajstić information content (AvgIpc) is 3.06. The Morgan fingerprint density at radius 1 is 1.14 bits per heavy atom. The third-order valence-corrected chi connectivity index (χ3v) is 5.21. The minimum absolute atomic E-state index is 0.729. The Kier molecular flexibility index (Phi) is 5.69. The number of hydrogen-bond donors (Lipinski definition) is 2. The van der Waals surface area contributed by atoms with E-state index >= 15 is 0 Å². The van der Waals surface area contributed by atoms with Crippen LogP contribution in [0.25, 0.3) is 0 Å². The number of aryl methyl sites for hydroxylation is 1. The zero-order valence-electron chi connectivity index (χ0n) is 13.1. The van der Waals surface area contributed by atoms with Gasteiger partial charge in [0.05, 0.1) is 0 Å². The number of nitrogens with zero attached hydrogens (tertiary/aromatic N) is 2. The molecule has 0 aromatic carbocycles. The normalized spacial score (nSPS) is 30.4. The molecule has 1 saturated carbocycles. The first kappa shape index (κ1) is 15.0. The van der Waals surface area contributed by atoms with Gasteiger partial charge in [0.25, 0.3) is 0 Å². The van der Waals surface area contributed by atoms with Gasteiger partial charge in [0.15, 0.2) is 0 Å². The van der Waals surface area contributed by atoms with E-state index in [0.717, 1.165) is 31.1 Å². The van der Waals surface area contributed by atoms with Gasteiger partial charge in [0.2, 0.25) is 0 Å². The maximum atomic E-state index is 4.27. The standard InChI is InChI=1S/C17H30N4/c1-2-8-16(15(7-1)17-9-3-4-10-18-17)19-11-5-13-21-14-6-12-20-21/h6,12,14-19H,1-5,7-11,13H2. The van der Waals surface area contributed by atoms with Crippen LogP contribution in [-0.4, -0.2) is 35.0 Å². The highest BCUT2D eigenvalue weighted by Gasteiger charge is 2.31. The van der Waals surface area contributed by atoms with Gasteiger partial charge in [-0.05, 0) is 57.2 Å². The van der Waals surface area contributed by atoms with Gasteiger partial charge in [0.1, 0.15) is 0 Å². The van der Waals surface area contributed by atoms with E-state index in [1.54, 1.807) is 0 Å². The second kappa shape index (κ2) is 7.95. The summed E-state index contributed by atoms with van der Waals surface area (Å²) in [5.41, 5.74) is 0. The zero-order chi connectivity index (χ0) is 14.3. The van der Waals surface area contributed by atoms with Gasteiger partial charge in [0, 0.05) is 31.0 Å². The molecule has 0 bridgehead atoms. The third-order valence-electron chi connectivity index (χ3n) is 5.21. The Morgan fingerprint density at radius 2 is 2.05 bits per heavy atom. The fourth-order valence-electron chi connectivity index (χ4n) is 4.10. The third kappa shape index (κ3) is 4.30. The summed E-state index contributed by atoms with van der Waals surface area (Å²) in [4.78, 5) is 0. The van der Waals surface area contributed by atoms with Crippen molar-refractivity contribution in [3.63, 3.8) is 0 Å². The lowest BCUT2D eigenvalue weighted by atomic mass is 9.77. The van der Waals surface area contributed by atoms with Gasteiger partial charge in [-0.3, -0.25) is 4.68 Å². The predicted molar refractivity (Wildman–Crippen MR) is 86.2 cm³/mol. The second-order valence-corrected chi connectivity index (χ2v) is 6.69. The monoisotopic (exact) mass is 290 g/mol. The molecule has 4 nitrogen and oxygen atoms in total. The van der Waals surface area contributed by atoms with Crippen LogP contribution in [0.5, 0.6) is 0 Å². The van der Waals surface area contributed by atoms with Crippen molar-refractivity contribution < 1.29 is 0 Å². The van der Waals surface area contributed by atoms with Gasteiger partial charge in [-0.1, -0.05) is 19.3 Å². The van der Waals surface area contributed by atoms with Crippen LogP contribution < -0.4 is 10.6 Å². The molecule has 1 aliphatic carbocycles. The van der Waals surface area contributed by atoms with Crippen LogP contribution in [0, 0.1) is 5.92 Å². The molecule has 3 atom stereocenters. The molecule has 0 amide bonds. The van der Waals surface area contributed by atoms with Crippen molar-refractivity contribution in [2.45, 2.75) is 70.0 Å². The van der Waals surface area contributed by atoms with Crippen LogP contribution >= 0.6 is 0 Å². The molecule has 4 heteroatoms. The van der Waals surface area contributed by atoms with Gasteiger partial charge in [-0.15, -0.1) is 0 Å². The van der Waals surface area contributed by atoms with Crippen molar-refractivity contribution in [1.29, 1.82) is 0 Å². The fraction of sp³-hybridized carbons (Fsp3) is 0.824. The number of hydrogen-bond acceptors (Lipinski definition) is 3. The first-order chi connectivity index (χ1) is 10.4. The van der Waals surface area contributed by atoms with E-state index in [0.29, 0.717) is 0 Å². The second-order valence-electron chi connectivity index (χ2n) is 6.69. The lowest BCUT2D eigenvalue weighted by molar-refractivity contribution is 0.181. The lowest BCUT2D eigenvalue weighted by Gasteiger charge is -2.40. The summed E-state index contributed by atoms with van der Waals surface area (Å²) in [5, 5.41) is 11.9. The number of aromatic nitrogens is 2. The highest BCUT2D eigenvalue weighted by molar-refractivity contribution is 4.90. The minimum Gasteiger partial charge on any atom is -0.314 e. The van der Waals surface area contributed by atoms with E-state index in [2.05, 4.69) is 21.9 Å². The van der Waals surface area contributed by atoms with Gasteiger partial charge < -0.3 is 10.6 Å². The number of nitrogens with one attached hydrogen (secondary N) is 2. The van der Waals surface area contributed by atoms with Gasteiger partial charge in [-0.25, -0.2) is 0 Å². The Balaban J connectivity index is 1.43. The van der Waals surface area contributed by atoms with E-state index in [9.17, 15) is 0 Å². The van der Waals surface area contributed by atoms with E-state index < -0.39 is 0 Å². The molecule has 1 aliphatic heterocycles. The molecule has 0 spiro atoms. The van der Waals surface area contributed by atoms with Crippen LogP contribution in [0.4, 0.5) is 0 Å². The summed E-state index contributed by atoms with van der Waals surface area (Å²) >= 11 is 0. The fourth-order valence-corrected chi connectivity index (χ4v) is 4.10. The summed E-state index contributed by atoms with van der Waals surface area (Å²) < 4.78 is 2.03. The van der Waals surface area contributed by atoms with Crippen LogP contribution in [0.15, 0.2) is 18.5 Å². The smallest absolute Gasteiger partial charge is 0.0489 e. The Labute approximate surface area is 128 Å². The van der Waals surface area contributed by atoms with E-state index in [1.807, 2.05) is 16.9 Å². The van der Waals surface area contributed by atoms with Gasteiger partial charge in [-0.2, -0.15) is 5.10 Å². The van der Waals surface area contributed by atoms with Crippen molar-refractivity contribution in [3.8, 4) is 0 Å². The average molecular weight is 290 g/mol. The predicted octanol–water partition coefficient (Wildman–Crippen LogP) is 2.56. The zero-order valence-corrected chi connectivity index (χ0v) is 13.1. The largest absolute Gasteiger partial charge is 0.314 e. The van der Waals surface area contributed by atoms with Crippen LogP contribution in [0.2, 0.25) is 0 Å². The van der Waals surface area contributed by atoms with E-state index in [1.165, 1.54) is 57.9 Å². The van der Waals surface area contributed by atoms with Crippen molar-refractivity contribution >= 4 is 0 Å². The molecule has 2 N–H and O–H groups in total. The Morgan fingerprint density at radius 3 is 2.86 bits per heavy atom. The molecule has 2 heterocycles. The summed E-state index contributed by atoms with van der Waals surface area (Å²) in [6, 6.07) is 3.49. The number of piperidine rings is 1.